The second kappa shape index (κ2) is 11.8. The molecule has 260 valence electrons. The van der Waals surface area contributed by atoms with E-state index in [2.05, 4.69) is 51.4 Å². The maximum atomic E-state index is 12.9. The molecule has 3 fully saturated rings. The average molecular weight is 694 g/mol. The van der Waals surface area contributed by atoms with Crippen LogP contribution in [-0.2, 0) is 14.2 Å². The highest BCUT2D eigenvalue weighted by atomic mass is 32.2. The van der Waals surface area contributed by atoms with E-state index in [1.165, 1.54) is 0 Å². The van der Waals surface area contributed by atoms with E-state index in [1.807, 2.05) is 64.9 Å². The van der Waals surface area contributed by atoms with Crippen LogP contribution in [0.2, 0.25) is 0 Å². The number of aromatic nitrogens is 5. The van der Waals surface area contributed by atoms with Gasteiger partial charge in [0, 0.05) is 24.2 Å². The number of pyridine rings is 1. The van der Waals surface area contributed by atoms with Crippen molar-refractivity contribution in [1.82, 2.24) is 34.7 Å². The van der Waals surface area contributed by atoms with Gasteiger partial charge < -0.3 is 19.4 Å². The smallest absolute Gasteiger partial charge is 0.411 e. The zero-order valence-electron chi connectivity index (χ0n) is 29.4. The fraction of sp³-hybridized carbons (Fsp3) is 0.447. The Morgan fingerprint density at radius 2 is 1.52 bits per heavy atom. The molecule has 2 aromatic carbocycles. The van der Waals surface area contributed by atoms with Crippen molar-refractivity contribution in [2.45, 2.75) is 94.6 Å². The van der Waals surface area contributed by atoms with E-state index in [-0.39, 0.29) is 28.3 Å². The lowest BCUT2D eigenvalue weighted by atomic mass is 9.97. The number of nitrogens with zero attached hydrogens (tertiary/aromatic N) is 5. The highest BCUT2D eigenvalue weighted by molar-refractivity contribution is 8.08. The van der Waals surface area contributed by atoms with Crippen LogP contribution in [0.3, 0.4) is 0 Å². The van der Waals surface area contributed by atoms with Gasteiger partial charge in [-0.25, -0.2) is 19.6 Å². The Balaban J connectivity index is 0.997. The lowest BCUT2D eigenvalue weighted by molar-refractivity contribution is 0.0185. The highest BCUT2D eigenvalue weighted by Gasteiger charge is 2.65. The summed E-state index contributed by atoms with van der Waals surface area (Å²) in [5, 5.41) is 2.22. The molecule has 2 N–H and O–H groups in total. The molecule has 1 unspecified atom stereocenters. The molecule has 3 saturated heterocycles. The minimum atomic E-state index is -0.544. The van der Waals surface area contributed by atoms with Crippen LogP contribution >= 0.6 is 11.8 Å². The zero-order valence-corrected chi connectivity index (χ0v) is 30.2. The van der Waals surface area contributed by atoms with Gasteiger partial charge >= 0.3 is 12.2 Å². The summed E-state index contributed by atoms with van der Waals surface area (Å²) in [7, 11) is 0. The number of aromatic amines is 2. The Labute approximate surface area is 295 Å². The standard InChI is InChI=1S/C38H43N7O4S/c1-36(2,3)48-34(46)44-15-7-9-30(44)31-40-20-28(41-31)25-13-11-22-17-24(12-10-23(22)18-25)26-19-27-29(21-39-26)43-32(42-27)38-14-8-16-45(33(38)50-38)35(47)49-37(4,5)6/h10-13,17-21,30,33H,7-9,14-16H2,1-6H3,(H,40,41)(H,42,43)/t30-,33?,38-/m0/s1. The van der Waals surface area contributed by atoms with Crippen LogP contribution < -0.4 is 0 Å². The molecule has 50 heavy (non-hydrogen) atoms. The SMILES string of the molecule is CC(C)(C)OC(=O)N1CCC[C@@]2(c3nc4cc(-c5ccc6cc(-c7cnc([C@@H]8CCCN8C(=O)OC(C)(C)C)[nH]7)ccc6c5)ncc4[nH]3)SC12. The minimum Gasteiger partial charge on any atom is -0.444 e. The number of amides is 2. The average Bonchev–Trinajstić information content (AvgIpc) is 3.44. The number of piperidine rings is 1. The third-order valence-electron chi connectivity index (χ3n) is 9.53. The molecule has 3 aliphatic rings. The summed E-state index contributed by atoms with van der Waals surface area (Å²) < 4.78 is 11.1. The highest BCUT2D eigenvalue weighted by Crippen LogP contribution is 2.66. The van der Waals surface area contributed by atoms with E-state index in [9.17, 15) is 9.59 Å². The van der Waals surface area contributed by atoms with Gasteiger partial charge in [-0.05, 0) is 96.2 Å². The molecule has 12 heteroatoms. The quantitative estimate of drug-likeness (QED) is 0.179. The van der Waals surface area contributed by atoms with Crippen LogP contribution in [0.1, 0.15) is 84.9 Å². The van der Waals surface area contributed by atoms with Gasteiger partial charge in [-0.2, -0.15) is 0 Å². The lowest BCUT2D eigenvalue weighted by Gasteiger charge is -2.31. The largest absolute Gasteiger partial charge is 0.444 e. The number of carbonyl (C=O) groups excluding carboxylic acids is 2. The first kappa shape index (κ1) is 32.6. The molecule has 0 spiro atoms. The fourth-order valence-corrected chi connectivity index (χ4v) is 8.65. The van der Waals surface area contributed by atoms with Gasteiger partial charge in [-0.1, -0.05) is 24.3 Å². The van der Waals surface area contributed by atoms with Gasteiger partial charge in [-0.15, -0.1) is 11.8 Å². The number of benzene rings is 2. The number of hydrogen-bond acceptors (Lipinski definition) is 8. The van der Waals surface area contributed by atoms with Crippen molar-refractivity contribution in [1.29, 1.82) is 0 Å². The van der Waals surface area contributed by atoms with Crippen molar-refractivity contribution in [2.75, 3.05) is 13.1 Å². The van der Waals surface area contributed by atoms with E-state index < -0.39 is 11.2 Å². The minimum absolute atomic E-state index is 0.0208. The summed E-state index contributed by atoms with van der Waals surface area (Å²) in [6.45, 7) is 12.7. The summed E-state index contributed by atoms with van der Waals surface area (Å²) in [6.07, 6.45) is 6.76. The number of rotatable bonds is 4. The zero-order chi connectivity index (χ0) is 35.0. The molecule has 8 rings (SSSR count). The normalized spacial score (nSPS) is 22.2. The van der Waals surface area contributed by atoms with Gasteiger partial charge in [0.25, 0.3) is 0 Å². The number of ether oxygens (including phenoxy) is 2. The third-order valence-corrected chi connectivity index (χ3v) is 11.2. The van der Waals surface area contributed by atoms with Crippen molar-refractivity contribution in [3.8, 4) is 22.5 Å². The Hall–Kier alpha value is -4.58. The summed E-state index contributed by atoms with van der Waals surface area (Å²) in [6, 6.07) is 14.6. The van der Waals surface area contributed by atoms with Crippen LogP contribution in [0.25, 0.3) is 44.3 Å². The molecular weight excluding hydrogens is 651 g/mol. The second-order valence-electron chi connectivity index (χ2n) is 15.6. The van der Waals surface area contributed by atoms with Crippen molar-refractivity contribution < 1.29 is 19.1 Å². The van der Waals surface area contributed by atoms with Gasteiger partial charge in [-0.3, -0.25) is 14.8 Å². The summed E-state index contributed by atoms with van der Waals surface area (Å²) in [4.78, 5) is 50.9. The Morgan fingerprint density at radius 3 is 2.26 bits per heavy atom. The first-order chi connectivity index (χ1) is 23.8. The predicted molar refractivity (Wildman–Crippen MR) is 195 cm³/mol. The number of nitrogens with one attached hydrogen (secondary N) is 2. The molecule has 5 aromatic rings. The van der Waals surface area contributed by atoms with Crippen molar-refractivity contribution in [3.63, 3.8) is 0 Å². The Morgan fingerprint density at radius 1 is 0.840 bits per heavy atom. The van der Waals surface area contributed by atoms with E-state index >= 15 is 0 Å². The Bertz CT molecular complexity index is 2130. The van der Waals surface area contributed by atoms with Crippen LogP contribution in [0.15, 0.2) is 54.9 Å². The molecule has 3 aromatic heterocycles. The van der Waals surface area contributed by atoms with E-state index in [0.717, 1.165) is 81.7 Å². The topological polar surface area (TPSA) is 129 Å². The molecule has 2 amide bonds. The van der Waals surface area contributed by atoms with Gasteiger partial charge in [0.2, 0.25) is 0 Å². The van der Waals surface area contributed by atoms with Gasteiger partial charge in [0.05, 0.1) is 40.9 Å². The predicted octanol–water partition coefficient (Wildman–Crippen LogP) is 8.54. The van der Waals surface area contributed by atoms with Crippen molar-refractivity contribution in [3.05, 3.63) is 66.5 Å². The first-order valence-corrected chi connectivity index (χ1v) is 18.3. The number of imidazole rings is 2. The van der Waals surface area contributed by atoms with Crippen LogP contribution in [0.4, 0.5) is 9.59 Å². The molecule has 0 radical (unpaired) electrons. The molecule has 3 atom stereocenters. The number of likely N-dealkylation sites (tertiary alicyclic amines) is 2. The lowest BCUT2D eigenvalue weighted by Crippen LogP contribution is -2.44. The molecule has 3 aliphatic heterocycles. The molecule has 11 nitrogen and oxygen atoms in total. The molecule has 0 aliphatic carbocycles. The summed E-state index contributed by atoms with van der Waals surface area (Å²) in [5.41, 5.74) is 4.46. The molecular formula is C38H43N7O4S. The number of thioether (sulfide) groups is 1. The molecule has 6 heterocycles. The van der Waals surface area contributed by atoms with Crippen LogP contribution in [0, 0.1) is 0 Å². The van der Waals surface area contributed by atoms with Crippen LogP contribution in [-0.4, -0.2) is 76.6 Å². The second-order valence-corrected chi connectivity index (χ2v) is 17.0. The third kappa shape index (κ3) is 6.07. The van der Waals surface area contributed by atoms with E-state index in [4.69, 9.17) is 19.4 Å². The van der Waals surface area contributed by atoms with Crippen molar-refractivity contribution in [2.24, 2.45) is 0 Å². The number of carbonyl (C=O) groups is 2. The number of H-pyrrole nitrogens is 2. The molecule has 0 bridgehead atoms. The first-order valence-electron chi connectivity index (χ1n) is 17.4. The van der Waals surface area contributed by atoms with Crippen molar-refractivity contribution >= 4 is 45.8 Å². The van der Waals surface area contributed by atoms with Gasteiger partial charge in [0.1, 0.15) is 33.0 Å². The summed E-state index contributed by atoms with van der Waals surface area (Å²) in [5.74, 6) is 1.68. The molecule has 0 saturated carbocycles. The van der Waals surface area contributed by atoms with E-state index in [1.54, 1.807) is 16.7 Å². The fourth-order valence-electron chi connectivity index (χ4n) is 7.17. The van der Waals surface area contributed by atoms with Gasteiger partial charge in [0.15, 0.2) is 0 Å². The monoisotopic (exact) mass is 693 g/mol. The van der Waals surface area contributed by atoms with Crippen LogP contribution in [0.5, 0.6) is 0 Å². The number of hydrogen-bond donors (Lipinski definition) is 2. The maximum Gasteiger partial charge on any atom is 0.411 e. The maximum absolute atomic E-state index is 12.9. The van der Waals surface area contributed by atoms with E-state index in [0.29, 0.717) is 13.1 Å². The summed E-state index contributed by atoms with van der Waals surface area (Å²) >= 11 is 1.77. The Kier molecular flexibility index (Phi) is 7.66. The number of fused-ring (bicyclic) bond motifs is 3.